The molecule has 1 aromatic heterocycles. The molecule has 0 aromatic carbocycles. The summed E-state index contributed by atoms with van der Waals surface area (Å²) < 4.78 is 4.84. The van der Waals surface area contributed by atoms with Crippen LogP contribution in [0, 0.1) is 10.1 Å². The van der Waals surface area contributed by atoms with Gasteiger partial charge in [-0.3, -0.25) is 9.59 Å². The highest BCUT2D eigenvalue weighted by atomic mass is 17.0. The molecule has 0 aliphatic carbocycles. The van der Waals surface area contributed by atoms with E-state index in [2.05, 4.69) is 25.4 Å². The second-order valence-corrected chi connectivity index (χ2v) is 5.38. The van der Waals surface area contributed by atoms with Gasteiger partial charge in [0.15, 0.2) is 0 Å². The van der Waals surface area contributed by atoms with Crippen molar-refractivity contribution in [3.05, 3.63) is 28.3 Å². The Kier molecular flexibility index (Phi) is 9.22. The summed E-state index contributed by atoms with van der Waals surface area (Å²) in [4.78, 5) is 55.3. The molecule has 0 bridgehead atoms. The summed E-state index contributed by atoms with van der Waals surface area (Å²) in [6.07, 6.45) is 2.82. The van der Waals surface area contributed by atoms with Crippen molar-refractivity contribution in [2.45, 2.75) is 25.3 Å². The number of carbonyl (C=O) groups is 3. The second-order valence-electron chi connectivity index (χ2n) is 5.38. The maximum atomic E-state index is 11.9. The first-order valence-electron chi connectivity index (χ1n) is 7.93. The summed E-state index contributed by atoms with van der Waals surface area (Å²) in [5.74, 6) is -2.83. The van der Waals surface area contributed by atoms with Crippen LogP contribution in [-0.2, 0) is 24.0 Å². The number of aromatic nitrogens is 2. The van der Waals surface area contributed by atoms with E-state index in [4.69, 9.17) is 4.74 Å². The fourth-order valence-corrected chi connectivity index (χ4v) is 2.04. The minimum Gasteiger partial charge on any atom is -0.480 e. The molecular weight excluding hydrogens is 366 g/mol. The first-order valence-corrected chi connectivity index (χ1v) is 7.93. The van der Waals surface area contributed by atoms with Crippen LogP contribution in [0.2, 0.25) is 0 Å². The molecule has 0 fully saturated rings. The number of nitrogens with zero attached hydrogens (tertiary/aromatic N) is 2. The van der Waals surface area contributed by atoms with Gasteiger partial charge in [-0.25, -0.2) is 9.78 Å². The molecule has 0 spiro atoms. The smallest absolute Gasteiger partial charge is 0.326 e. The molecule has 1 aromatic rings. The zero-order valence-electron chi connectivity index (χ0n) is 14.5. The van der Waals surface area contributed by atoms with Crippen LogP contribution < -0.4 is 10.6 Å². The molecule has 27 heavy (non-hydrogen) atoms. The van der Waals surface area contributed by atoms with Crippen molar-refractivity contribution < 1.29 is 34.2 Å². The zero-order valence-corrected chi connectivity index (χ0v) is 14.5. The Labute approximate surface area is 153 Å². The van der Waals surface area contributed by atoms with Crippen LogP contribution >= 0.6 is 0 Å². The first kappa shape index (κ1) is 21.8. The van der Waals surface area contributed by atoms with Gasteiger partial charge in [0, 0.05) is 25.1 Å². The third-order valence-electron chi connectivity index (χ3n) is 3.40. The molecule has 0 aliphatic heterocycles. The number of hydrogen-bond acceptors (Lipinski definition) is 8. The van der Waals surface area contributed by atoms with Crippen LogP contribution in [0.5, 0.6) is 0 Å². The minimum absolute atomic E-state index is 0.0252. The van der Waals surface area contributed by atoms with Crippen molar-refractivity contribution in [3.63, 3.8) is 0 Å². The third-order valence-corrected chi connectivity index (χ3v) is 3.40. The molecule has 2 amide bonds. The molecule has 2 unspecified atom stereocenters. The Morgan fingerprint density at radius 1 is 1.37 bits per heavy atom. The van der Waals surface area contributed by atoms with Gasteiger partial charge in [-0.2, -0.15) is 0 Å². The van der Waals surface area contributed by atoms with Crippen molar-refractivity contribution in [2.75, 3.05) is 26.4 Å². The minimum atomic E-state index is -1.20. The van der Waals surface area contributed by atoms with Crippen LogP contribution in [0.3, 0.4) is 0 Å². The van der Waals surface area contributed by atoms with Crippen molar-refractivity contribution in [2.24, 2.45) is 0 Å². The Morgan fingerprint density at radius 2 is 2.11 bits per heavy atom. The molecule has 4 N–H and O–H groups in total. The number of H-pyrrole nitrogens is 1. The summed E-state index contributed by atoms with van der Waals surface area (Å²) in [7, 11) is 0. The van der Waals surface area contributed by atoms with Gasteiger partial charge in [0.05, 0.1) is 18.6 Å². The van der Waals surface area contributed by atoms with Crippen LogP contribution in [0.25, 0.3) is 0 Å². The van der Waals surface area contributed by atoms with Crippen molar-refractivity contribution >= 4 is 17.8 Å². The van der Waals surface area contributed by atoms with E-state index < -0.39 is 34.8 Å². The van der Waals surface area contributed by atoms with E-state index in [0.717, 1.165) is 0 Å². The fraction of sp³-hybridized carbons (Fsp3) is 0.571. The maximum absolute atomic E-state index is 11.9. The second kappa shape index (κ2) is 11.4. The fourth-order valence-electron chi connectivity index (χ4n) is 2.04. The van der Waals surface area contributed by atoms with Crippen LogP contribution in [-0.4, -0.2) is 70.4 Å². The number of aromatic amines is 1. The molecule has 13 nitrogen and oxygen atoms in total. The number of carboxylic acid groups (broad SMARTS) is 1. The molecule has 2 atom stereocenters. The van der Waals surface area contributed by atoms with E-state index in [1.165, 1.54) is 6.33 Å². The molecule has 1 heterocycles. The molecule has 0 aliphatic rings. The number of aliphatic carboxylic acids is 1. The van der Waals surface area contributed by atoms with Gasteiger partial charge in [-0.15, -0.1) is 10.1 Å². The number of carbonyl (C=O) groups excluding carboxylic acids is 2. The SMILES string of the molecule is CC(c1c[nH]cn1)C(NC(=O)CCNC(=O)COCCO[N+](=O)[O-])C(=O)O. The van der Waals surface area contributed by atoms with Crippen LogP contribution in [0.4, 0.5) is 0 Å². The van der Waals surface area contributed by atoms with Gasteiger partial charge >= 0.3 is 5.97 Å². The predicted octanol–water partition coefficient (Wildman–Crippen LogP) is -1.19. The molecular formula is C14H21N5O8. The molecule has 0 saturated carbocycles. The Balaban J connectivity index is 2.27. The van der Waals surface area contributed by atoms with E-state index in [0.29, 0.717) is 5.69 Å². The number of ether oxygens (including phenoxy) is 1. The predicted molar refractivity (Wildman–Crippen MR) is 88.0 cm³/mol. The number of carboxylic acids is 1. The highest BCUT2D eigenvalue weighted by molar-refractivity contribution is 5.85. The maximum Gasteiger partial charge on any atom is 0.326 e. The lowest BCUT2D eigenvalue weighted by molar-refractivity contribution is -0.758. The summed E-state index contributed by atoms with van der Waals surface area (Å²) in [6.45, 7) is 0.809. The molecule has 0 radical (unpaired) electrons. The average molecular weight is 387 g/mol. The highest BCUT2D eigenvalue weighted by Crippen LogP contribution is 2.16. The van der Waals surface area contributed by atoms with Crippen LogP contribution in [0.15, 0.2) is 12.5 Å². The average Bonchev–Trinajstić information content (AvgIpc) is 3.13. The lowest BCUT2D eigenvalue weighted by Crippen LogP contribution is -2.45. The Morgan fingerprint density at radius 3 is 2.70 bits per heavy atom. The number of imidazole rings is 1. The Bertz CT molecular complexity index is 635. The van der Waals surface area contributed by atoms with Gasteiger partial charge in [-0.1, -0.05) is 6.92 Å². The number of amides is 2. The van der Waals surface area contributed by atoms with E-state index in [9.17, 15) is 29.6 Å². The third kappa shape index (κ3) is 8.62. The molecule has 1 rings (SSSR count). The Hall–Kier alpha value is -3.22. The van der Waals surface area contributed by atoms with Gasteiger partial charge in [0.1, 0.15) is 19.3 Å². The zero-order chi connectivity index (χ0) is 20.2. The van der Waals surface area contributed by atoms with Crippen LogP contribution in [0.1, 0.15) is 25.0 Å². The molecule has 0 saturated heterocycles. The number of nitrogens with one attached hydrogen (secondary N) is 3. The largest absolute Gasteiger partial charge is 0.480 e. The quantitative estimate of drug-likeness (QED) is 0.183. The lowest BCUT2D eigenvalue weighted by Gasteiger charge is -2.20. The van der Waals surface area contributed by atoms with Crippen molar-refractivity contribution in [3.8, 4) is 0 Å². The normalized spacial score (nSPS) is 12.6. The number of hydrogen-bond donors (Lipinski definition) is 4. The summed E-state index contributed by atoms with van der Waals surface area (Å²) in [6, 6.07) is -1.17. The summed E-state index contributed by atoms with van der Waals surface area (Å²) >= 11 is 0. The van der Waals surface area contributed by atoms with Crippen molar-refractivity contribution in [1.82, 2.24) is 20.6 Å². The topological polar surface area (TPSA) is 186 Å². The summed E-state index contributed by atoms with van der Waals surface area (Å²) in [5.41, 5.74) is 0.495. The standard InChI is InChI=1S/C14H21N5O8/c1-9(10-6-15-8-17-10)13(14(22)23)18-11(20)2-3-16-12(21)7-26-4-5-27-19(24)25/h6,8-9,13H,2-5,7H2,1H3,(H,15,17)(H,16,21)(H,18,20)(H,22,23). The van der Waals surface area contributed by atoms with Crippen molar-refractivity contribution in [1.29, 1.82) is 0 Å². The van der Waals surface area contributed by atoms with Gasteiger partial charge in [-0.05, 0) is 0 Å². The van der Waals surface area contributed by atoms with E-state index in [1.807, 2.05) is 0 Å². The lowest BCUT2D eigenvalue weighted by atomic mass is 9.99. The first-order chi connectivity index (χ1) is 12.8. The molecule has 13 heteroatoms. The van der Waals surface area contributed by atoms with Gasteiger partial charge in [0.25, 0.3) is 5.09 Å². The van der Waals surface area contributed by atoms with E-state index >= 15 is 0 Å². The van der Waals surface area contributed by atoms with Gasteiger partial charge < -0.3 is 30.3 Å². The highest BCUT2D eigenvalue weighted by Gasteiger charge is 2.28. The number of rotatable bonds is 13. The van der Waals surface area contributed by atoms with Gasteiger partial charge in [0.2, 0.25) is 11.8 Å². The molecule has 150 valence electrons. The van der Waals surface area contributed by atoms with E-state index in [1.54, 1.807) is 13.1 Å². The van der Waals surface area contributed by atoms with E-state index in [-0.39, 0.29) is 32.8 Å². The summed E-state index contributed by atoms with van der Waals surface area (Å²) in [5, 5.41) is 23.0. The monoisotopic (exact) mass is 387 g/mol.